The van der Waals surface area contributed by atoms with E-state index in [0.29, 0.717) is 5.03 Å². The monoisotopic (exact) mass is 383 g/mol. The summed E-state index contributed by atoms with van der Waals surface area (Å²) in [5.74, 6) is 0.808. The van der Waals surface area contributed by atoms with Gasteiger partial charge in [-0.2, -0.15) is 4.73 Å². The lowest BCUT2D eigenvalue weighted by molar-refractivity contribution is -0.645. The Bertz CT molecular complexity index is 875. The van der Waals surface area contributed by atoms with Gasteiger partial charge in [-0.3, -0.25) is 4.79 Å². The Morgan fingerprint density at radius 2 is 1.96 bits per heavy atom. The van der Waals surface area contributed by atoms with Crippen LogP contribution in [0.3, 0.4) is 0 Å². The number of benzene rings is 1. The molecule has 0 aliphatic carbocycles. The van der Waals surface area contributed by atoms with Crippen LogP contribution in [0, 0.1) is 5.21 Å². The van der Waals surface area contributed by atoms with E-state index in [1.807, 2.05) is 42.5 Å². The van der Waals surface area contributed by atoms with Gasteiger partial charge < -0.3 is 10.5 Å². The highest BCUT2D eigenvalue weighted by atomic mass is 32.2. The maximum Gasteiger partial charge on any atom is 0.251 e. The number of anilines is 1. The minimum atomic E-state index is -0.145. The predicted molar refractivity (Wildman–Crippen MR) is 105 cm³/mol. The predicted octanol–water partition coefficient (Wildman–Crippen LogP) is 3.74. The van der Waals surface area contributed by atoms with E-state index in [4.69, 9.17) is 0 Å². The van der Waals surface area contributed by atoms with Gasteiger partial charge in [0.1, 0.15) is 0 Å². The van der Waals surface area contributed by atoms with Crippen molar-refractivity contribution in [2.45, 2.75) is 15.8 Å². The first kappa shape index (κ1) is 18.3. The maximum absolute atomic E-state index is 12.1. The van der Waals surface area contributed by atoms with E-state index in [0.717, 1.165) is 26.8 Å². The number of amides is 1. The van der Waals surface area contributed by atoms with E-state index in [1.165, 1.54) is 18.0 Å². The van der Waals surface area contributed by atoms with Gasteiger partial charge >= 0.3 is 0 Å². The average molecular weight is 383 g/mol. The molecule has 1 aromatic carbocycles. The van der Waals surface area contributed by atoms with E-state index in [9.17, 15) is 10.0 Å². The molecule has 0 atom stereocenters. The molecule has 0 spiro atoms. The van der Waals surface area contributed by atoms with Gasteiger partial charge in [-0.15, -0.1) is 11.8 Å². The molecule has 7 heteroatoms. The van der Waals surface area contributed by atoms with Crippen LogP contribution in [0.5, 0.6) is 0 Å². The van der Waals surface area contributed by atoms with Crippen LogP contribution in [-0.2, 0) is 10.5 Å². The van der Waals surface area contributed by atoms with Crippen molar-refractivity contribution in [3.63, 3.8) is 0 Å². The summed E-state index contributed by atoms with van der Waals surface area (Å²) < 4.78 is 0.757. The third-order valence-corrected chi connectivity index (χ3v) is 5.41. The summed E-state index contributed by atoms with van der Waals surface area (Å²) in [6, 6.07) is 18.7. The van der Waals surface area contributed by atoms with Crippen molar-refractivity contribution in [1.29, 1.82) is 0 Å². The number of rotatable bonds is 7. The van der Waals surface area contributed by atoms with Crippen LogP contribution in [0.25, 0.3) is 0 Å². The van der Waals surface area contributed by atoms with E-state index in [1.54, 1.807) is 36.2 Å². The minimum Gasteiger partial charge on any atom is -0.618 e. The highest BCUT2D eigenvalue weighted by Gasteiger charge is 2.09. The molecule has 3 rings (SSSR count). The third kappa shape index (κ3) is 5.50. The molecule has 0 aliphatic rings. The normalized spacial score (nSPS) is 10.5. The number of hydrogen-bond donors (Lipinski definition) is 1. The second-order valence-corrected chi connectivity index (χ2v) is 7.35. The molecule has 2 aromatic heterocycles. The zero-order chi connectivity index (χ0) is 18.2. The van der Waals surface area contributed by atoms with Gasteiger partial charge in [-0.25, -0.2) is 4.98 Å². The third-order valence-electron chi connectivity index (χ3n) is 3.37. The molecule has 3 aromatic rings. The first-order valence-electron chi connectivity index (χ1n) is 7.94. The zero-order valence-corrected chi connectivity index (χ0v) is 15.5. The summed E-state index contributed by atoms with van der Waals surface area (Å²) in [4.78, 5) is 16.4. The maximum atomic E-state index is 12.1. The number of aromatic nitrogens is 2. The summed E-state index contributed by atoms with van der Waals surface area (Å²) in [7, 11) is 0. The number of pyridine rings is 2. The molecule has 0 radical (unpaired) electrons. The van der Waals surface area contributed by atoms with Crippen molar-refractivity contribution in [2.24, 2.45) is 0 Å². The first-order valence-corrected chi connectivity index (χ1v) is 9.91. The lowest BCUT2D eigenvalue weighted by atomic mass is 10.2. The second-order valence-electron chi connectivity index (χ2n) is 5.36. The zero-order valence-electron chi connectivity index (χ0n) is 13.9. The second kappa shape index (κ2) is 9.26. The summed E-state index contributed by atoms with van der Waals surface area (Å²) in [6.45, 7) is 0. The molecule has 0 saturated carbocycles. The molecule has 0 bridgehead atoms. The van der Waals surface area contributed by atoms with Gasteiger partial charge in [0.05, 0.1) is 10.8 Å². The van der Waals surface area contributed by atoms with Crippen molar-refractivity contribution in [1.82, 2.24) is 4.98 Å². The van der Waals surface area contributed by atoms with E-state index in [-0.39, 0.29) is 11.7 Å². The van der Waals surface area contributed by atoms with Gasteiger partial charge in [-0.1, -0.05) is 18.2 Å². The fourth-order valence-corrected chi connectivity index (χ4v) is 3.71. The van der Waals surface area contributed by atoms with Gasteiger partial charge in [-0.05, 0) is 47.7 Å². The molecule has 0 saturated heterocycles. The molecule has 5 nitrogen and oxygen atoms in total. The quantitative estimate of drug-likeness (QED) is 0.382. The smallest absolute Gasteiger partial charge is 0.251 e. The Labute approximate surface area is 160 Å². The lowest BCUT2D eigenvalue weighted by Gasteiger charge is -2.07. The number of hydrogen-bond acceptors (Lipinski definition) is 5. The number of carbonyl (C=O) groups excluding carboxylic acids is 1. The van der Waals surface area contributed by atoms with Gasteiger partial charge in [0.25, 0.3) is 5.03 Å². The van der Waals surface area contributed by atoms with Gasteiger partial charge in [0.2, 0.25) is 5.91 Å². The SMILES string of the molecule is O=C(CSc1cccc[n+]1[O-])Nc1cccc(CSc2ccccn2)c1. The lowest BCUT2D eigenvalue weighted by Crippen LogP contribution is -2.28. The molecule has 0 unspecified atom stereocenters. The molecule has 26 heavy (non-hydrogen) atoms. The summed E-state index contributed by atoms with van der Waals surface area (Å²) in [6.07, 6.45) is 3.19. The Morgan fingerprint density at radius 1 is 1.08 bits per heavy atom. The Morgan fingerprint density at radius 3 is 2.77 bits per heavy atom. The fraction of sp³-hybridized carbons (Fsp3) is 0.105. The minimum absolute atomic E-state index is 0.145. The number of nitrogens with one attached hydrogen (secondary N) is 1. The molecule has 0 fully saturated rings. The van der Waals surface area contributed by atoms with Crippen molar-refractivity contribution in [2.75, 3.05) is 11.1 Å². The van der Waals surface area contributed by atoms with E-state index < -0.39 is 0 Å². The van der Waals surface area contributed by atoms with Crippen molar-refractivity contribution < 1.29 is 9.52 Å². The molecular weight excluding hydrogens is 366 g/mol. The van der Waals surface area contributed by atoms with E-state index >= 15 is 0 Å². The molecule has 132 valence electrons. The van der Waals surface area contributed by atoms with Crippen LogP contribution in [0.2, 0.25) is 0 Å². The standard InChI is InChI=1S/C19H17N3O2S2/c23-17(14-26-19-9-2-4-11-22(19)24)21-16-7-5-6-15(12-16)13-25-18-8-1-3-10-20-18/h1-12H,13-14H2,(H,21,23). The highest BCUT2D eigenvalue weighted by molar-refractivity contribution is 7.99. The van der Waals surface area contributed by atoms with Crippen LogP contribution >= 0.6 is 23.5 Å². The first-order chi connectivity index (χ1) is 12.7. The Balaban J connectivity index is 1.53. The topological polar surface area (TPSA) is 68.9 Å². The van der Waals surface area contributed by atoms with Crippen LogP contribution in [0.15, 0.2) is 83.1 Å². The van der Waals surface area contributed by atoms with E-state index in [2.05, 4.69) is 10.3 Å². The average Bonchev–Trinajstić information content (AvgIpc) is 2.67. The molecule has 1 amide bonds. The Kier molecular flexibility index (Phi) is 6.51. The number of thioether (sulfide) groups is 2. The molecule has 1 N–H and O–H groups in total. The van der Waals surface area contributed by atoms with Crippen molar-refractivity contribution in [3.8, 4) is 0 Å². The molecule has 0 aliphatic heterocycles. The molecule has 2 heterocycles. The summed E-state index contributed by atoms with van der Waals surface area (Å²) in [5.41, 5.74) is 1.85. The summed E-state index contributed by atoms with van der Waals surface area (Å²) >= 11 is 2.86. The summed E-state index contributed by atoms with van der Waals surface area (Å²) in [5, 5.41) is 15.9. The largest absolute Gasteiger partial charge is 0.618 e. The van der Waals surface area contributed by atoms with Crippen molar-refractivity contribution >= 4 is 35.1 Å². The number of carbonyl (C=O) groups is 1. The fourth-order valence-electron chi connectivity index (χ4n) is 2.19. The van der Waals surface area contributed by atoms with Gasteiger partial charge in [0.15, 0.2) is 6.20 Å². The molecular formula is C19H17N3O2S2. The van der Waals surface area contributed by atoms with Crippen LogP contribution in [0.1, 0.15) is 5.56 Å². The van der Waals surface area contributed by atoms with Crippen LogP contribution in [-0.4, -0.2) is 16.6 Å². The highest BCUT2D eigenvalue weighted by Crippen LogP contribution is 2.22. The van der Waals surface area contributed by atoms with Crippen LogP contribution < -0.4 is 10.0 Å². The van der Waals surface area contributed by atoms with Crippen molar-refractivity contribution in [3.05, 3.63) is 83.8 Å². The number of nitrogens with zero attached hydrogens (tertiary/aromatic N) is 2. The van der Waals surface area contributed by atoms with Gasteiger partial charge in [0, 0.05) is 29.8 Å². The Hall–Kier alpha value is -2.51. The van der Waals surface area contributed by atoms with Crippen LogP contribution in [0.4, 0.5) is 5.69 Å².